The number of hydrogen-bond acceptors (Lipinski definition) is 4. The highest BCUT2D eigenvalue weighted by Gasteiger charge is 2.08. The lowest BCUT2D eigenvalue weighted by Crippen LogP contribution is -2.25. The number of anilines is 1. The van der Waals surface area contributed by atoms with Crippen LogP contribution in [0.25, 0.3) is 0 Å². The number of aromatic nitrogens is 2. The molecule has 2 N–H and O–H groups in total. The maximum atomic E-state index is 12.1. The summed E-state index contributed by atoms with van der Waals surface area (Å²) in [5, 5.41) is 7.20. The summed E-state index contributed by atoms with van der Waals surface area (Å²) in [6.45, 7) is 5.19. The summed E-state index contributed by atoms with van der Waals surface area (Å²) >= 11 is 0. The fourth-order valence-corrected chi connectivity index (χ4v) is 2.93. The number of carbonyl (C=O) groups is 1. The van der Waals surface area contributed by atoms with Crippen LogP contribution in [0.5, 0.6) is 0 Å². The van der Waals surface area contributed by atoms with Crippen molar-refractivity contribution in [1.82, 2.24) is 15.1 Å². The van der Waals surface area contributed by atoms with Crippen LogP contribution in [0.4, 0.5) is 5.69 Å². The molecule has 24 heavy (non-hydrogen) atoms. The van der Waals surface area contributed by atoms with E-state index in [1.165, 1.54) is 6.07 Å². The van der Waals surface area contributed by atoms with E-state index in [9.17, 15) is 13.2 Å². The van der Waals surface area contributed by atoms with E-state index in [0.29, 0.717) is 17.8 Å². The summed E-state index contributed by atoms with van der Waals surface area (Å²) in [6, 6.07) is 8.40. The van der Waals surface area contributed by atoms with E-state index < -0.39 is 10.0 Å². The Morgan fingerprint density at radius 2 is 2.00 bits per heavy atom. The average molecular weight is 350 g/mol. The molecule has 0 saturated heterocycles. The first-order valence-corrected chi connectivity index (χ1v) is 9.51. The largest absolute Gasteiger partial charge is 0.352 e. The number of sulfonamides is 1. The van der Waals surface area contributed by atoms with Crippen molar-refractivity contribution in [2.45, 2.75) is 26.8 Å². The van der Waals surface area contributed by atoms with E-state index in [4.69, 9.17) is 0 Å². The molecule has 0 bridgehead atoms. The van der Waals surface area contributed by atoms with Gasteiger partial charge in [-0.25, -0.2) is 8.42 Å². The molecule has 0 spiro atoms. The highest BCUT2D eigenvalue weighted by molar-refractivity contribution is 7.92. The van der Waals surface area contributed by atoms with Crippen molar-refractivity contribution in [3.63, 3.8) is 0 Å². The molecule has 130 valence electrons. The summed E-state index contributed by atoms with van der Waals surface area (Å²) in [7, 11) is -3.36. The van der Waals surface area contributed by atoms with Gasteiger partial charge < -0.3 is 5.32 Å². The fourth-order valence-electron chi connectivity index (χ4n) is 2.37. The van der Waals surface area contributed by atoms with Crippen LogP contribution in [0.15, 0.2) is 30.3 Å². The molecule has 8 heteroatoms. The number of aryl methyl sites for hydroxylation is 3. The van der Waals surface area contributed by atoms with Gasteiger partial charge in [-0.1, -0.05) is 6.07 Å². The Kier molecular flexibility index (Phi) is 5.61. The van der Waals surface area contributed by atoms with Crippen LogP contribution in [-0.4, -0.2) is 36.9 Å². The van der Waals surface area contributed by atoms with Gasteiger partial charge in [-0.2, -0.15) is 5.10 Å². The number of nitrogens with one attached hydrogen (secondary N) is 2. The van der Waals surface area contributed by atoms with Crippen molar-refractivity contribution in [2.75, 3.05) is 17.5 Å². The van der Waals surface area contributed by atoms with Gasteiger partial charge in [0.15, 0.2) is 0 Å². The van der Waals surface area contributed by atoms with Gasteiger partial charge in [0.2, 0.25) is 10.0 Å². The Labute approximate surface area is 142 Å². The predicted molar refractivity (Wildman–Crippen MR) is 93.6 cm³/mol. The fraction of sp³-hybridized carbons (Fsp3) is 0.375. The Morgan fingerprint density at radius 3 is 2.62 bits per heavy atom. The highest BCUT2D eigenvalue weighted by atomic mass is 32.2. The Balaban J connectivity index is 1.86. The predicted octanol–water partition coefficient (Wildman–Crippen LogP) is 1.69. The van der Waals surface area contributed by atoms with Gasteiger partial charge in [-0.3, -0.25) is 14.2 Å². The zero-order valence-electron chi connectivity index (χ0n) is 14.0. The normalized spacial score (nSPS) is 11.3. The molecule has 1 aromatic carbocycles. The Bertz CT molecular complexity index is 828. The molecule has 0 radical (unpaired) electrons. The molecule has 0 aliphatic heterocycles. The van der Waals surface area contributed by atoms with Crippen LogP contribution in [0.1, 0.15) is 28.2 Å². The molecule has 0 aliphatic carbocycles. The van der Waals surface area contributed by atoms with Gasteiger partial charge in [0, 0.05) is 30.0 Å². The number of nitrogens with zero attached hydrogens (tertiary/aromatic N) is 2. The molecule has 7 nitrogen and oxygen atoms in total. The first-order chi connectivity index (χ1) is 11.2. The van der Waals surface area contributed by atoms with Gasteiger partial charge in [-0.15, -0.1) is 0 Å². The number of benzene rings is 1. The summed E-state index contributed by atoms with van der Waals surface area (Å²) in [4.78, 5) is 12.1. The third kappa shape index (κ3) is 5.38. The van der Waals surface area contributed by atoms with Gasteiger partial charge in [0.05, 0.1) is 11.9 Å². The second-order valence-corrected chi connectivity index (χ2v) is 7.46. The molecule has 1 heterocycles. The van der Waals surface area contributed by atoms with Crippen molar-refractivity contribution in [1.29, 1.82) is 0 Å². The van der Waals surface area contributed by atoms with Crippen molar-refractivity contribution in [2.24, 2.45) is 0 Å². The minimum Gasteiger partial charge on any atom is -0.352 e. The Morgan fingerprint density at radius 1 is 1.25 bits per heavy atom. The van der Waals surface area contributed by atoms with Crippen LogP contribution in [0, 0.1) is 13.8 Å². The number of rotatable bonds is 7. The smallest absolute Gasteiger partial charge is 0.251 e. The van der Waals surface area contributed by atoms with E-state index in [1.807, 2.05) is 24.6 Å². The number of carbonyl (C=O) groups excluding carboxylic acids is 1. The molecular formula is C16H22N4O3S. The maximum Gasteiger partial charge on any atom is 0.251 e. The highest BCUT2D eigenvalue weighted by Crippen LogP contribution is 2.12. The van der Waals surface area contributed by atoms with Crippen molar-refractivity contribution >= 4 is 21.6 Å². The zero-order valence-corrected chi connectivity index (χ0v) is 14.9. The second kappa shape index (κ2) is 7.48. The molecule has 2 aromatic rings. The summed E-state index contributed by atoms with van der Waals surface area (Å²) in [6.07, 6.45) is 1.83. The number of hydrogen-bond donors (Lipinski definition) is 2. The van der Waals surface area contributed by atoms with E-state index in [1.54, 1.807) is 18.2 Å². The summed E-state index contributed by atoms with van der Waals surface area (Å²) in [5.41, 5.74) is 2.85. The quantitative estimate of drug-likeness (QED) is 0.743. The second-order valence-electron chi connectivity index (χ2n) is 5.71. The monoisotopic (exact) mass is 350 g/mol. The van der Waals surface area contributed by atoms with Crippen LogP contribution in [-0.2, 0) is 16.6 Å². The molecular weight excluding hydrogens is 328 g/mol. The molecule has 1 amide bonds. The van der Waals surface area contributed by atoms with Crippen LogP contribution < -0.4 is 10.0 Å². The lowest BCUT2D eigenvalue weighted by molar-refractivity contribution is 0.0952. The van der Waals surface area contributed by atoms with Crippen LogP contribution in [0.3, 0.4) is 0 Å². The van der Waals surface area contributed by atoms with Crippen LogP contribution >= 0.6 is 0 Å². The third-order valence-electron chi connectivity index (χ3n) is 3.36. The molecule has 0 unspecified atom stereocenters. The van der Waals surface area contributed by atoms with E-state index in [-0.39, 0.29) is 5.91 Å². The molecule has 0 saturated carbocycles. The lowest BCUT2D eigenvalue weighted by Gasteiger charge is -2.08. The first kappa shape index (κ1) is 18.0. The topological polar surface area (TPSA) is 93.1 Å². The minimum absolute atomic E-state index is 0.236. The third-order valence-corrected chi connectivity index (χ3v) is 3.97. The summed E-state index contributed by atoms with van der Waals surface area (Å²) in [5.74, 6) is -0.236. The van der Waals surface area contributed by atoms with Crippen molar-refractivity contribution in [3.8, 4) is 0 Å². The Hall–Kier alpha value is -2.35. The van der Waals surface area contributed by atoms with Crippen molar-refractivity contribution in [3.05, 3.63) is 47.3 Å². The van der Waals surface area contributed by atoms with E-state index in [2.05, 4.69) is 15.1 Å². The first-order valence-electron chi connectivity index (χ1n) is 7.62. The summed E-state index contributed by atoms with van der Waals surface area (Å²) < 4.78 is 26.7. The average Bonchev–Trinajstić information content (AvgIpc) is 2.80. The molecule has 1 aromatic heterocycles. The van der Waals surface area contributed by atoms with Gasteiger partial charge in [0.25, 0.3) is 5.91 Å². The standard InChI is InChI=1S/C16H22N4O3S/c1-12-10-13(2)20(18-12)9-5-8-17-16(21)14-6-4-7-15(11-14)19-24(3,22)23/h4,6-7,10-11,19H,5,8-9H2,1-3H3,(H,17,21). The minimum atomic E-state index is -3.36. The zero-order chi connectivity index (χ0) is 17.7. The molecule has 0 fully saturated rings. The molecule has 0 atom stereocenters. The van der Waals surface area contributed by atoms with Crippen molar-refractivity contribution < 1.29 is 13.2 Å². The maximum absolute atomic E-state index is 12.1. The van der Waals surface area contributed by atoms with E-state index >= 15 is 0 Å². The lowest BCUT2D eigenvalue weighted by atomic mass is 10.2. The van der Waals surface area contributed by atoms with E-state index in [0.717, 1.165) is 30.6 Å². The van der Waals surface area contributed by atoms with Gasteiger partial charge in [0.1, 0.15) is 0 Å². The molecule has 0 aliphatic rings. The SMILES string of the molecule is Cc1cc(C)n(CCCNC(=O)c2cccc(NS(C)(=O)=O)c2)n1. The van der Waals surface area contributed by atoms with Gasteiger partial charge in [-0.05, 0) is 44.5 Å². The molecule has 2 rings (SSSR count). The number of amides is 1. The van der Waals surface area contributed by atoms with Gasteiger partial charge >= 0.3 is 0 Å². The van der Waals surface area contributed by atoms with Crippen LogP contribution in [0.2, 0.25) is 0 Å².